The highest BCUT2D eigenvalue weighted by Gasteiger charge is 2.43. The number of rotatable bonds is 3. The number of anilines is 1. The minimum Gasteiger partial charge on any atom is -0.394 e. The molecule has 2 rings (SSSR count). The fourth-order valence-electron chi connectivity index (χ4n) is 1.86. The van der Waals surface area contributed by atoms with Gasteiger partial charge in [0.25, 0.3) is 0 Å². The maximum Gasteiger partial charge on any atom is 0.351 e. The Morgan fingerprint density at radius 3 is 2.72 bits per heavy atom. The molecule has 2 heterocycles. The van der Waals surface area contributed by atoms with Crippen LogP contribution in [0.5, 0.6) is 0 Å². The molecule has 0 saturated carbocycles. The van der Waals surface area contributed by atoms with E-state index in [0.717, 1.165) is 4.57 Å². The van der Waals surface area contributed by atoms with Gasteiger partial charge in [0.1, 0.15) is 24.1 Å². The van der Waals surface area contributed by atoms with Crippen LogP contribution in [0.4, 0.5) is 5.82 Å². The summed E-state index contributed by atoms with van der Waals surface area (Å²) in [5, 5.41) is 31.0. The van der Waals surface area contributed by atoms with Crippen molar-refractivity contribution in [3.63, 3.8) is 0 Å². The smallest absolute Gasteiger partial charge is 0.351 e. The van der Waals surface area contributed by atoms with E-state index in [4.69, 9.17) is 9.84 Å². The maximum absolute atomic E-state index is 11.7. The highest BCUT2D eigenvalue weighted by molar-refractivity contribution is 5.30. The summed E-state index contributed by atoms with van der Waals surface area (Å²) in [7, 11) is 1.62. The molecule has 1 aliphatic heterocycles. The lowest BCUT2D eigenvalue weighted by atomic mass is 10.1. The molecule has 0 bridgehead atoms. The second-order valence-corrected chi connectivity index (χ2v) is 3.98. The number of aliphatic hydroxyl groups is 3. The zero-order valence-corrected chi connectivity index (χ0v) is 9.72. The van der Waals surface area contributed by atoms with Crippen molar-refractivity contribution in [2.45, 2.75) is 24.5 Å². The molecule has 4 N–H and O–H groups in total. The van der Waals surface area contributed by atoms with Crippen molar-refractivity contribution in [3.05, 3.63) is 22.7 Å². The lowest BCUT2D eigenvalue weighted by molar-refractivity contribution is -0.0549. The van der Waals surface area contributed by atoms with Crippen molar-refractivity contribution >= 4 is 5.82 Å². The van der Waals surface area contributed by atoms with E-state index < -0.39 is 36.8 Å². The summed E-state index contributed by atoms with van der Waals surface area (Å²) in [5.41, 5.74) is -0.614. The minimum absolute atomic E-state index is 0.392. The molecule has 1 aliphatic rings. The first-order valence-corrected chi connectivity index (χ1v) is 5.48. The SMILES string of the molecule is CNc1ccn([C@@H]2O[C@@H](CO)[C@@H](O)[C@H]2O)c(=O)n1. The van der Waals surface area contributed by atoms with E-state index in [2.05, 4.69) is 10.3 Å². The molecule has 18 heavy (non-hydrogen) atoms. The van der Waals surface area contributed by atoms with Gasteiger partial charge in [0.2, 0.25) is 0 Å². The summed E-state index contributed by atoms with van der Waals surface area (Å²) in [6.07, 6.45) is -3.09. The highest BCUT2D eigenvalue weighted by Crippen LogP contribution is 2.27. The standard InChI is InChI=1S/C10H15N3O5/c1-11-6-2-3-13(10(17)12-6)9-8(16)7(15)5(4-14)18-9/h2-3,5,7-9,14-16H,4H2,1H3,(H,11,12,17)/t5-,7+,8+,9+/m0/s1. The van der Waals surface area contributed by atoms with E-state index in [1.54, 1.807) is 7.05 Å². The maximum atomic E-state index is 11.7. The monoisotopic (exact) mass is 257 g/mol. The van der Waals surface area contributed by atoms with Crippen molar-refractivity contribution in [2.24, 2.45) is 0 Å². The molecule has 0 amide bonds. The second-order valence-electron chi connectivity index (χ2n) is 3.98. The molecule has 1 saturated heterocycles. The third-order valence-electron chi connectivity index (χ3n) is 2.88. The first-order chi connectivity index (χ1) is 8.58. The zero-order valence-electron chi connectivity index (χ0n) is 9.72. The van der Waals surface area contributed by atoms with Crippen LogP contribution in [0.1, 0.15) is 6.23 Å². The minimum atomic E-state index is -1.29. The Balaban J connectivity index is 2.30. The van der Waals surface area contributed by atoms with Crippen LogP contribution < -0.4 is 11.0 Å². The molecule has 0 radical (unpaired) electrons. The number of nitrogens with zero attached hydrogens (tertiary/aromatic N) is 2. The summed E-state index contributed by atoms with van der Waals surface area (Å²) in [6.45, 7) is -0.439. The molecular weight excluding hydrogens is 242 g/mol. The average molecular weight is 257 g/mol. The average Bonchev–Trinajstić information content (AvgIpc) is 2.66. The normalized spacial score (nSPS) is 31.6. The van der Waals surface area contributed by atoms with Crippen molar-refractivity contribution in [3.8, 4) is 0 Å². The largest absolute Gasteiger partial charge is 0.394 e. The van der Waals surface area contributed by atoms with Crippen LogP contribution in [0.2, 0.25) is 0 Å². The van der Waals surface area contributed by atoms with Crippen molar-refractivity contribution in [1.29, 1.82) is 0 Å². The molecule has 8 heteroatoms. The number of aliphatic hydroxyl groups excluding tert-OH is 3. The van der Waals surface area contributed by atoms with Gasteiger partial charge in [-0.05, 0) is 6.07 Å². The van der Waals surface area contributed by atoms with E-state index in [1.807, 2.05) is 0 Å². The lowest BCUT2D eigenvalue weighted by Gasteiger charge is -2.17. The van der Waals surface area contributed by atoms with Gasteiger partial charge < -0.3 is 25.4 Å². The molecule has 0 spiro atoms. The Bertz CT molecular complexity index is 477. The van der Waals surface area contributed by atoms with Crippen LogP contribution >= 0.6 is 0 Å². The van der Waals surface area contributed by atoms with Gasteiger partial charge in [-0.2, -0.15) is 4.98 Å². The zero-order chi connectivity index (χ0) is 13.3. The molecule has 1 aromatic rings. The van der Waals surface area contributed by atoms with Crippen molar-refractivity contribution in [2.75, 3.05) is 19.0 Å². The van der Waals surface area contributed by atoms with Crippen LogP contribution in [0.3, 0.4) is 0 Å². The Kier molecular flexibility index (Phi) is 3.62. The van der Waals surface area contributed by atoms with E-state index >= 15 is 0 Å². The first-order valence-electron chi connectivity index (χ1n) is 5.48. The van der Waals surface area contributed by atoms with Gasteiger partial charge in [-0.15, -0.1) is 0 Å². The fourth-order valence-corrected chi connectivity index (χ4v) is 1.86. The first kappa shape index (κ1) is 13.0. The molecule has 100 valence electrons. The Hall–Kier alpha value is -1.48. The van der Waals surface area contributed by atoms with Crippen LogP contribution in [0, 0.1) is 0 Å². The molecule has 0 aromatic carbocycles. The number of nitrogens with one attached hydrogen (secondary N) is 1. The highest BCUT2D eigenvalue weighted by atomic mass is 16.6. The van der Waals surface area contributed by atoms with E-state index in [0.29, 0.717) is 5.82 Å². The number of hydrogen-bond acceptors (Lipinski definition) is 7. The summed E-state index contributed by atoms with van der Waals surface area (Å²) < 4.78 is 6.30. The van der Waals surface area contributed by atoms with Crippen LogP contribution in [-0.4, -0.2) is 56.8 Å². The molecular formula is C10H15N3O5. The third kappa shape index (κ3) is 2.10. The van der Waals surface area contributed by atoms with E-state index in [1.165, 1.54) is 12.3 Å². The topological polar surface area (TPSA) is 117 Å². The Morgan fingerprint density at radius 2 is 2.22 bits per heavy atom. The van der Waals surface area contributed by atoms with Crippen LogP contribution in [0.25, 0.3) is 0 Å². The van der Waals surface area contributed by atoms with E-state index in [-0.39, 0.29) is 0 Å². The van der Waals surface area contributed by atoms with Gasteiger partial charge in [-0.25, -0.2) is 4.79 Å². The summed E-state index contributed by atoms with van der Waals surface area (Å²) in [4.78, 5) is 15.4. The Morgan fingerprint density at radius 1 is 1.50 bits per heavy atom. The van der Waals surface area contributed by atoms with Crippen molar-refractivity contribution < 1.29 is 20.1 Å². The van der Waals surface area contributed by atoms with Crippen LogP contribution in [-0.2, 0) is 4.74 Å². The number of aromatic nitrogens is 2. The van der Waals surface area contributed by atoms with Gasteiger partial charge in [-0.3, -0.25) is 4.57 Å². The predicted octanol–water partition coefficient (Wildman–Crippen LogP) is -2.10. The van der Waals surface area contributed by atoms with Gasteiger partial charge in [-0.1, -0.05) is 0 Å². The van der Waals surface area contributed by atoms with Gasteiger partial charge in [0, 0.05) is 13.2 Å². The predicted molar refractivity (Wildman–Crippen MR) is 61.1 cm³/mol. The van der Waals surface area contributed by atoms with Gasteiger partial charge in [0.05, 0.1) is 6.61 Å². The summed E-state index contributed by atoms with van der Waals surface area (Å²) in [5.74, 6) is 0.392. The molecule has 1 aromatic heterocycles. The lowest BCUT2D eigenvalue weighted by Crippen LogP contribution is -2.36. The molecule has 4 atom stereocenters. The molecule has 0 aliphatic carbocycles. The van der Waals surface area contributed by atoms with Gasteiger partial charge >= 0.3 is 5.69 Å². The Labute approximate surface area is 102 Å². The second kappa shape index (κ2) is 5.02. The summed E-state index contributed by atoms with van der Waals surface area (Å²) >= 11 is 0. The number of hydrogen-bond donors (Lipinski definition) is 4. The van der Waals surface area contributed by atoms with E-state index in [9.17, 15) is 15.0 Å². The number of ether oxygens (including phenoxy) is 1. The van der Waals surface area contributed by atoms with Crippen LogP contribution in [0.15, 0.2) is 17.1 Å². The molecule has 8 nitrogen and oxygen atoms in total. The molecule has 1 fully saturated rings. The molecule has 0 unspecified atom stereocenters. The quantitative estimate of drug-likeness (QED) is 0.490. The van der Waals surface area contributed by atoms with Gasteiger partial charge in [0.15, 0.2) is 6.23 Å². The fraction of sp³-hybridized carbons (Fsp3) is 0.600. The third-order valence-corrected chi connectivity index (χ3v) is 2.88. The van der Waals surface area contributed by atoms with Crippen molar-refractivity contribution in [1.82, 2.24) is 9.55 Å². The summed E-state index contributed by atoms with van der Waals surface area (Å²) in [6, 6.07) is 1.54.